The predicted molar refractivity (Wildman–Crippen MR) is 69.4 cm³/mol. The second kappa shape index (κ2) is 6.47. The quantitative estimate of drug-likeness (QED) is 0.590. The minimum atomic E-state index is 0.315. The Kier molecular flexibility index (Phi) is 5.24. The van der Waals surface area contributed by atoms with Gasteiger partial charge in [0.2, 0.25) is 0 Å². The first-order valence-electron chi connectivity index (χ1n) is 6.17. The van der Waals surface area contributed by atoms with Gasteiger partial charge in [-0.2, -0.15) is 0 Å². The first kappa shape index (κ1) is 13.0. The molecule has 1 rings (SSSR count). The summed E-state index contributed by atoms with van der Waals surface area (Å²) >= 11 is 0. The van der Waals surface area contributed by atoms with Crippen molar-refractivity contribution in [3.63, 3.8) is 0 Å². The summed E-state index contributed by atoms with van der Waals surface area (Å²) in [5.41, 5.74) is 3.26. The van der Waals surface area contributed by atoms with Gasteiger partial charge in [-0.3, -0.25) is 4.79 Å². The van der Waals surface area contributed by atoms with Crippen molar-refractivity contribution in [1.29, 1.82) is 0 Å². The van der Waals surface area contributed by atoms with Crippen molar-refractivity contribution in [3.8, 4) is 0 Å². The predicted octanol–water partition coefficient (Wildman–Crippen LogP) is 4.36. The van der Waals surface area contributed by atoms with Gasteiger partial charge in [0.25, 0.3) is 0 Å². The number of allylic oxidation sites excluding steroid dienone is 6. The van der Waals surface area contributed by atoms with Crippen molar-refractivity contribution < 1.29 is 4.79 Å². The Hall–Kier alpha value is -1.11. The molecule has 0 saturated carbocycles. The van der Waals surface area contributed by atoms with Crippen molar-refractivity contribution in [2.45, 2.75) is 52.9 Å². The van der Waals surface area contributed by atoms with Crippen LogP contribution in [0.25, 0.3) is 0 Å². The fourth-order valence-corrected chi connectivity index (χ4v) is 1.85. The van der Waals surface area contributed by atoms with E-state index in [1.54, 1.807) is 0 Å². The van der Waals surface area contributed by atoms with E-state index in [9.17, 15) is 4.79 Å². The second-order valence-electron chi connectivity index (χ2n) is 4.55. The zero-order chi connectivity index (χ0) is 12.0. The molecule has 1 heteroatoms. The van der Waals surface area contributed by atoms with E-state index in [4.69, 9.17) is 0 Å². The van der Waals surface area contributed by atoms with E-state index in [1.165, 1.54) is 12.0 Å². The van der Waals surface area contributed by atoms with E-state index in [0.29, 0.717) is 12.2 Å². The highest BCUT2D eigenvalue weighted by molar-refractivity contribution is 5.96. The average molecular weight is 218 g/mol. The smallest absolute Gasteiger partial charge is 0.158 e. The summed E-state index contributed by atoms with van der Waals surface area (Å²) in [6.45, 7) is 6.06. The first-order valence-corrected chi connectivity index (χ1v) is 6.17. The van der Waals surface area contributed by atoms with E-state index in [2.05, 4.69) is 25.2 Å². The highest BCUT2D eigenvalue weighted by Crippen LogP contribution is 2.18. The zero-order valence-corrected chi connectivity index (χ0v) is 10.7. The van der Waals surface area contributed by atoms with Gasteiger partial charge < -0.3 is 0 Å². The lowest BCUT2D eigenvalue weighted by Crippen LogP contribution is -2.03. The van der Waals surface area contributed by atoms with Crippen molar-refractivity contribution >= 4 is 5.78 Å². The van der Waals surface area contributed by atoms with E-state index >= 15 is 0 Å². The van der Waals surface area contributed by atoms with Gasteiger partial charge in [-0.1, -0.05) is 24.6 Å². The van der Waals surface area contributed by atoms with Gasteiger partial charge in [-0.15, -0.1) is 0 Å². The highest BCUT2D eigenvalue weighted by atomic mass is 16.1. The Morgan fingerprint density at radius 2 is 1.75 bits per heavy atom. The third-order valence-corrected chi connectivity index (χ3v) is 3.33. The Balaban J connectivity index is 2.94. The van der Waals surface area contributed by atoms with E-state index < -0.39 is 0 Å². The lowest BCUT2D eigenvalue weighted by atomic mass is 9.96. The standard InChI is InChI=1S/C15H22O/c1-12-10-8-6-4-5-7-9-11-15(16)14(3)13(12)2/h6,8,10H,4-5,7,9,11H2,1-3H3. The van der Waals surface area contributed by atoms with Crippen molar-refractivity contribution in [3.05, 3.63) is 34.9 Å². The molecule has 1 aliphatic rings. The number of rotatable bonds is 0. The molecule has 0 unspecified atom stereocenters. The fourth-order valence-electron chi connectivity index (χ4n) is 1.85. The summed E-state index contributed by atoms with van der Waals surface area (Å²) in [5, 5.41) is 0. The van der Waals surface area contributed by atoms with Crippen LogP contribution in [0.3, 0.4) is 0 Å². The lowest BCUT2D eigenvalue weighted by Gasteiger charge is -2.08. The Bertz CT molecular complexity index is 342. The molecule has 0 bridgehead atoms. The molecule has 0 aliphatic heterocycles. The molecule has 0 spiro atoms. The number of carbonyl (C=O) groups excluding carboxylic acids is 1. The Morgan fingerprint density at radius 1 is 1.00 bits per heavy atom. The van der Waals surface area contributed by atoms with Crippen LogP contribution in [-0.2, 0) is 4.79 Å². The summed E-state index contributed by atoms with van der Waals surface area (Å²) in [7, 11) is 0. The molecule has 0 N–H and O–H groups in total. The molecule has 0 atom stereocenters. The number of carbonyl (C=O) groups is 1. The molecule has 0 saturated heterocycles. The molecule has 0 aromatic heterocycles. The van der Waals surface area contributed by atoms with Crippen LogP contribution in [0.5, 0.6) is 0 Å². The lowest BCUT2D eigenvalue weighted by molar-refractivity contribution is -0.115. The van der Waals surface area contributed by atoms with Gasteiger partial charge in [-0.25, -0.2) is 0 Å². The molecule has 0 radical (unpaired) electrons. The molecule has 1 aliphatic carbocycles. The molecule has 16 heavy (non-hydrogen) atoms. The van der Waals surface area contributed by atoms with Crippen LogP contribution < -0.4 is 0 Å². The van der Waals surface area contributed by atoms with Gasteiger partial charge in [0, 0.05) is 6.42 Å². The Morgan fingerprint density at radius 3 is 2.50 bits per heavy atom. The monoisotopic (exact) mass is 218 g/mol. The molecule has 0 heterocycles. The topological polar surface area (TPSA) is 17.1 Å². The molecular formula is C15H22O. The summed E-state index contributed by atoms with van der Waals surface area (Å²) < 4.78 is 0. The minimum absolute atomic E-state index is 0.315. The van der Waals surface area contributed by atoms with Gasteiger partial charge in [0.15, 0.2) is 5.78 Å². The molecule has 0 aromatic rings. The maximum atomic E-state index is 11.9. The molecule has 0 fully saturated rings. The van der Waals surface area contributed by atoms with E-state index in [0.717, 1.165) is 30.4 Å². The SMILES string of the molecule is CC1=CC=CCCCCCC(=O)C(C)=C1C. The normalized spacial score (nSPS) is 20.2. The van der Waals surface area contributed by atoms with Crippen LogP contribution in [0.15, 0.2) is 34.9 Å². The summed E-state index contributed by atoms with van der Waals surface area (Å²) in [6, 6.07) is 0. The molecule has 1 nitrogen and oxygen atoms in total. The first-order chi connectivity index (χ1) is 7.63. The number of hydrogen-bond acceptors (Lipinski definition) is 1. The Labute approximate surface area is 98.9 Å². The van der Waals surface area contributed by atoms with Crippen LogP contribution in [0.1, 0.15) is 52.9 Å². The largest absolute Gasteiger partial charge is 0.295 e. The number of Topliss-reactive ketones (excluding diaryl/α,β-unsaturated/α-hetero) is 1. The third kappa shape index (κ3) is 3.80. The van der Waals surface area contributed by atoms with Crippen LogP contribution in [0.2, 0.25) is 0 Å². The van der Waals surface area contributed by atoms with E-state index in [-0.39, 0.29) is 0 Å². The van der Waals surface area contributed by atoms with Gasteiger partial charge in [0.05, 0.1) is 0 Å². The molecule has 88 valence electrons. The van der Waals surface area contributed by atoms with Crippen molar-refractivity contribution in [1.82, 2.24) is 0 Å². The number of ketones is 1. The molecule has 0 amide bonds. The molecular weight excluding hydrogens is 196 g/mol. The third-order valence-electron chi connectivity index (χ3n) is 3.33. The van der Waals surface area contributed by atoms with Gasteiger partial charge in [-0.05, 0) is 56.8 Å². The fraction of sp³-hybridized carbons (Fsp3) is 0.533. The maximum absolute atomic E-state index is 11.9. The summed E-state index contributed by atoms with van der Waals surface area (Å²) in [6.07, 6.45) is 11.6. The molecule has 0 aromatic carbocycles. The maximum Gasteiger partial charge on any atom is 0.158 e. The average Bonchev–Trinajstić information content (AvgIpc) is 2.28. The van der Waals surface area contributed by atoms with Crippen LogP contribution in [0.4, 0.5) is 0 Å². The summed E-state index contributed by atoms with van der Waals surface area (Å²) in [5.74, 6) is 0.315. The van der Waals surface area contributed by atoms with Gasteiger partial charge >= 0.3 is 0 Å². The highest BCUT2D eigenvalue weighted by Gasteiger charge is 2.08. The van der Waals surface area contributed by atoms with Gasteiger partial charge in [0.1, 0.15) is 0 Å². The zero-order valence-electron chi connectivity index (χ0n) is 10.7. The minimum Gasteiger partial charge on any atom is -0.295 e. The van der Waals surface area contributed by atoms with Crippen LogP contribution in [-0.4, -0.2) is 5.78 Å². The van der Waals surface area contributed by atoms with E-state index in [1.807, 2.05) is 13.8 Å². The van der Waals surface area contributed by atoms with Crippen molar-refractivity contribution in [2.75, 3.05) is 0 Å². The van der Waals surface area contributed by atoms with Crippen LogP contribution in [0, 0.1) is 0 Å². The van der Waals surface area contributed by atoms with Crippen molar-refractivity contribution in [2.24, 2.45) is 0 Å². The second-order valence-corrected chi connectivity index (χ2v) is 4.55. The van der Waals surface area contributed by atoms with Crippen LogP contribution >= 0.6 is 0 Å². The summed E-state index contributed by atoms with van der Waals surface area (Å²) in [4.78, 5) is 11.9. The number of hydrogen-bond donors (Lipinski definition) is 0.